The van der Waals surface area contributed by atoms with E-state index in [1.165, 1.54) is 16.6 Å². The molecule has 2 aromatic heterocycles. The van der Waals surface area contributed by atoms with Crippen LogP contribution in [0.5, 0.6) is 0 Å². The molecule has 1 aliphatic carbocycles. The summed E-state index contributed by atoms with van der Waals surface area (Å²) in [5.74, 6) is -0.536. The third kappa shape index (κ3) is 4.75. The summed E-state index contributed by atoms with van der Waals surface area (Å²) in [7, 11) is 2.14. The summed E-state index contributed by atoms with van der Waals surface area (Å²) in [6.07, 6.45) is 3.59. The minimum atomic E-state index is -2.47. The number of fused-ring (bicyclic) bond motifs is 2. The van der Waals surface area contributed by atoms with Gasteiger partial charge in [-0.2, -0.15) is 4.98 Å². The van der Waals surface area contributed by atoms with Crippen molar-refractivity contribution < 1.29 is 8.78 Å². The van der Waals surface area contributed by atoms with E-state index in [2.05, 4.69) is 45.9 Å². The molecule has 9 nitrogen and oxygen atoms in total. The average molecular weight is 535 g/mol. The first-order valence-corrected chi connectivity index (χ1v) is 13.4. The number of allylic oxidation sites excluding steroid dienone is 2. The number of aliphatic imine (C=N–C) groups is 1. The highest BCUT2D eigenvalue weighted by Crippen LogP contribution is 2.38. The van der Waals surface area contributed by atoms with Crippen LogP contribution in [0.4, 0.5) is 26.1 Å². The molecule has 1 N–H and O–H groups in total. The van der Waals surface area contributed by atoms with Gasteiger partial charge in [0.2, 0.25) is 12.4 Å². The number of benzene rings is 1. The van der Waals surface area contributed by atoms with E-state index in [-0.39, 0.29) is 12.1 Å². The van der Waals surface area contributed by atoms with E-state index in [0.29, 0.717) is 42.0 Å². The van der Waals surface area contributed by atoms with Crippen LogP contribution in [-0.4, -0.2) is 69.6 Å². The molecule has 2 unspecified atom stereocenters. The molecule has 4 heterocycles. The first-order valence-electron chi connectivity index (χ1n) is 13.4. The van der Waals surface area contributed by atoms with Crippen LogP contribution in [0.15, 0.2) is 64.6 Å². The summed E-state index contributed by atoms with van der Waals surface area (Å²) in [4.78, 5) is 31.8. The van der Waals surface area contributed by atoms with Gasteiger partial charge in [-0.05, 0) is 49.7 Å². The van der Waals surface area contributed by atoms with Crippen molar-refractivity contribution in [1.29, 1.82) is 0 Å². The Morgan fingerprint density at radius 1 is 1.18 bits per heavy atom. The predicted molar refractivity (Wildman–Crippen MR) is 149 cm³/mol. The Balaban J connectivity index is 1.32. The summed E-state index contributed by atoms with van der Waals surface area (Å²) in [5, 5.41) is 3.59. The maximum absolute atomic E-state index is 13.7. The number of nitrogens with zero attached hydrogens (tertiary/aromatic N) is 7. The third-order valence-corrected chi connectivity index (χ3v) is 7.86. The second-order valence-corrected chi connectivity index (χ2v) is 10.4. The zero-order chi connectivity index (χ0) is 27.1. The molecule has 39 heavy (non-hydrogen) atoms. The number of dihydropyridines is 1. The van der Waals surface area contributed by atoms with E-state index in [1.807, 2.05) is 18.2 Å². The Hall–Kier alpha value is -3.86. The standard InChI is InChI=1S/C28H32F2N8O/c1-3-12-37-27(39)22-17-31-28(32-19-6-8-20(9-7-19)36-15-13-35(2)14-16-36)34-26(22)38(37)23-11-5-18-4-10-21(25(29)30)24(18)33-23/h3,5-9,17,21,23,25H,1,4,10-16H2,2H3,(H,31,32,34). The molecular weight excluding hydrogens is 502 g/mol. The summed E-state index contributed by atoms with van der Waals surface area (Å²) in [6.45, 7) is 8.07. The number of hydrogen-bond acceptors (Lipinski definition) is 7. The average Bonchev–Trinajstić information content (AvgIpc) is 3.48. The molecule has 0 radical (unpaired) electrons. The highest BCUT2D eigenvalue weighted by Gasteiger charge is 2.37. The molecule has 204 valence electrons. The molecule has 1 saturated carbocycles. The molecule has 3 aromatic rings. The van der Waals surface area contributed by atoms with Gasteiger partial charge in [-0.1, -0.05) is 12.2 Å². The van der Waals surface area contributed by atoms with Crippen molar-refractivity contribution in [2.45, 2.75) is 38.4 Å². The topological polar surface area (TPSA) is 83.6 Å². The van der Waals surface area contributed by atoms with Crippen LogP contribution in [0, 0.1) is 5.92 Å². The van der Waals surface area contributed by atoms with Gasteiger partial charge in [-0.3, -0.25) is 9.79 Å². The van der Waals surface area contributed by atoms with Gasteiger partial charge in [0.25, 0.3) is 5.56 Å². The van der Waals surface area contributed by atoms with Crippen molar-refractivity contribution in [3.8, 4) is 0 Å². The van der Waals surface area contributed by atoms with E-state index in [9.17, 15) is 13.6 Å². The molecule has 6 rings (SSSR count). The zero-order valence-electron chi connectivity index (χ0n) is 21.9. The van der Waals surface area contributed by atoms with Crippen molar-refractivity contribution in [3.63, 3.8) is 0 Å². The fourth-order valence-electron chi connectivity index (χ4n) is 5.71. The van der Waals surface area contributed by atoms with Crippen LogP contribution in [0.2, 0.25) is 0 Å². The lowest BCUT2D eigenvalue weighted by Crippen LogP contribution is -2.44. The van der Waals surface area contributed by atoms with Gasteiger partial charge < -0.3 is 15.1 Å². The van der Waals surface area contributed by atoms with Crippen molar-refractivity contribution >= 4 is 34.1 Å². The lowest BCUT2D eigenvalue weighted by atomic mass is 10.0. The normalized spacial score (nSPS) is 21.7. The number of rotatable bonds is 7. The fraction of sp³-hybridized carbons (Fsp3) is 0.429. The Bertz CT molecular complexity index is 1500. The summed E-state index contributed by atoms with van der Waals surface area (Å²) in [5.41, 5.74) is 3.48. The Kier molecular flexibility index (Phi) is 6.76. The Morgan fingerprint density at radius 2 is 1.95 bits per heavy atom. The van der Waals surface area contributed by atoms with E-state index in [1.54, 1.807) is 10.8 Å². The number of hydrogen-bond donors (Lipinski definition) is 1. The van der Waals surface area contributed by atoms with E-state index < -0.39 is 18.5 Å². The van der Waals surface area contributed by atoms with Gasteiger partial charge in [0.15, 0.2) is 5.65 Å². The molecule has 1 aromatic carbocycles. The second-order valence-electron chi connectivity index (χ2n) is 10.4. The first kappa shape index (κ1) is 25.4. The van der Waals surface area contributed by atoms with Crippen molar-refractivity contribution in [2.75, 3.05) is 43.4 Å². The summed E-state index contributed by atoms with van der Waals surface area (Å²) < 4.78 is 30.6. The Labute approximate surface area is 225 Å². The summed E-state index contributed by atoms with van der Waals surface area (Å²) >= 11 is 0. The Morgan fingerprint density at radius 3 is 2.67 bits per heavy atom. The third-order valence-electron chi connectivity index (χ3n) is 7.86. The van der Waals surface area contributed by atoms with E-state index in [0.717, 1.165) is 37.4 Å². The van der Waals surface area contributed by atoms with Crippen molar-refractivity contribution in [2.24, 2.45) is 10.9 Å². The van der Waals surface area contributed by atoms with Gasteiger partial charge in [0, 0.05) is 55.9 Å². The largest absolute Gasteiger partial charge is 0.369 e. The molecule has 2 fully saturated rings. The molecule has 0 amide bonds. The zero-order valence-corrected chi connectivity index (χ0v) is 21.9. The SMILES string of the molecule is C=CCn1c(=O)c2cnc(Nc3ccc(N4CCN(C)CC4)cc3)nc2n1C1CC=C2CCC(C(F)F)C2=N1. The van der Waals surface area contributed by atoms with Gasteiger partial charge in [-0.25, -0.2) is 23.1 Å². The molecule has 3 aliphatic rings. The number of alkyl halides is 2. The molecule has 11 heteroatoms. The minimum Gasteiger partial charge on any atom is -0.369 e. The van der Waals surface area contributed by atoms with Crippen LogP contribution in [0.1, 0.15) is 25.4 Å². The quantitative estimate of drug-likeness (QED) is 0.457. The summed E-state index contributed by atoms with van der Waals surface area (Å²) in [6, 6.07) is 8.12. The molecule has 0 bridgehead atoms. The number of anilines is 3. The molecule has 0 spiro atoms. The number of likely N-dealkylation sites (N-methyl/N-ethyl adjacent to an activating group) is 1. The van der Waals surface area contributed by atoms with Gasteiger partial charge >= 0.3 is 0 Å². The monoisotopic (exact) mass is 534 g/mol. The van der Waals surface area contributed by atoms with Crippen LogP contribution < -0.4 is 15.8 Å². The van der Waals surface area contributed by atoms with Gasteiger partial charge in [0.1, 0.15) is 11.6 Å². The minimum absolute atomic E-state index is 0.238. The highest BCUT2D eigenvalue weighted by atomic mass is 19.3. The molecular formula is C28H32F2N8O. The van der Waals surface area contributed by atoms with Crippen LogP contribution in [-0.2, 0) is 6.54 Å². The first-order chi connectivity index (χ1) is 18.9. The smallest absolute Gasteiger partial charge is 0.278 e. The lowest BCUT2D eigenvalue weighted by Gasteiger charge is -2.34. The predicted octanol–water partition coefficient (Wildman–Crippen LogP) is 4.22. The van der Waals surface area contributed by atoms with Crippen LogP contribution in [0.25, 0.3) is 11.0 Å². The van der Waals surface area contributed by atoms with Gasteiger partial charge in [-0.15, -0.1) is 6.58 Å². The highest BCUT2D eigenvalue weighted by molar-refractivity contribution is 6.04. The van der Waals surface area contributed by atoms with Gasteiger partial charge in [0.05, 0.1) is 12.5 Å². The second kappa shape index (κ2) is 10.4. The molecule has 2 aliphatic heterocycles. The molecule has 1 saturated heterocycles. The maximum atomic E-state index is 13.7. The number of piperazine rings is 1. The lowest BCUT2D eigenvalue weighted by molar-refractivity contribution is 0.109. The number of aromatic nitrogens is 4. The maximum Gasteiger partial charge on any atom is 0.278 e. The van der Waals surface area contributed by atoms with Crippen LogP contribution >= 0.6 is 0 Å². The van der Waals surface area contributed by atoms with E-state index >= 15 is 0 Å². The fourth-order valence-corrected chi connectivity index (χ4v) is 5.71. The molecule has 2 atom stereocenters. The van der Waals surface area contributed by atoms with Crippen molar-refractivity contribution in [1.82, 2.24) is 24.2 Å². The van der Waals surface area contributed by atoms with Crippen LogP contribution in [0.3, 0.4) is 0 Å². The van der Waals surface area contributed by atoms with E-state index in [4.69, 9.17) is 9.98 Å². The van der Waals surface area contributed by atoms with Crippen molar-refractivity contribution in [3.05, 3.63) is 65.1 Å². The number of halogens is 2. The number of nitrogens with one attached hydrogen (secondary N) is 1.